The Labute approximate surface area is 80.1 Å². The fourth-order valence-corrected chi connectivity index (χ4v) is 1.09. The van der Waals surface area contributed by atoms with Gasteiger partial charge in [0.05, 0.1) is 0 Å². The quantitative estimate of drug-likeness (QED) is 0.643. The monoisotopic (exact) mass is 179 g/mol. The zero-order valence-electron chi connectivity index (χ0n) is 8.36. The lowest BCUT2D eigenvalue weighted by Gasteiger charge is -2.18. The first-order chi connectivity index (χ1) is 6.36. The number of hydrogen-bond acceptors (Lipinski definition) is 2. The Bertz CT molecular complexity index is 219. The van der Waals surface area contributed by atoms with Crippen LogP contribution in [0.1, 0.15) is 13.8 Å². The van der Waals surface area contributed by atoms with Crippen LogP contribution in [-0.2, 0) is 0 Å². The van der Waals surface area contributed by atoms with Gasteiger partial charge in [-0.25, -0.2) is 0 Å². The van der Waals surface area contributed by atoms with Gasteiger partial charge in [0.15, 0.2) is 0 Å². The van der Waals surface area contributed by atoms with Crippen LogP contribution >= 0.6 is 0 Å². The molecule has 0 unspecified atom stereocenters. The summed E-state index contributed by atoms with van der Waals surface area (Å²) in [5.41, 5.74) is 0. The van der Waals surface area contributed by atoms with Gasteiger partial charge >= 0.3 is 0 Å². The van der Waals surface area contributed by atoms with Gasteiger partial charge in [-0.05, 0) is 25.2 Å². The molecule has 0 saturated heterocycles. The van der Waals surface area contributed by atoms with Gasteiger partial charge in [0.25, 0.3) is 0 Å². The summed E-state index contributed by atoms with van der Waals surface area (Å²) in [6.45, 7) is 7.01. The Morgan fingerprint density at radius 3 is 2.23 bits per heavy atom. The van der Waals surface area contributed by atoms with Crippen LogP contribution in [0.15, 0.2) is 30.3 Å². The van der Waals surface area contributed by atoms with Crippen LogP contribution in [0.5, 0.6) is 5.75 Å². The van der Waals surface area contributed by atoms with E-state index in [4.69, 9.17) is 4.74 Å². The van der Waals surface area contributed by atoms with E-state index in [9.17, 15) is 0 Å². The second-order valence-corrected chi connectivity index (χ2v) is 2.89. The van der Waals surface area contributed by atoms with E-state index in [1.165, 1.54) is 0 Å². The highest BCUT2D eigenvalue weighted by Gasteiger charge is 1.98. The summed E-state index contributed by atoms with van der Waals surface area (Å²) in [4.78, 5) is 2.23. The lowest BCUT2D eigenvalue weighted by Crippen LogP contribution is -2.27. The summed E-state index contributed by atoms with van der Waals surface area (Å²) in [6, 6.07) is 9.91. The van der Waals surface area contributed by atoms with Gasteiger partial charge in [-0.3, -0.25) is 4.90 Å². The van der Waals surface area contributed by atoms with Gasteiger partial charge in [0.1, 0.15) is 12.5 Å². The first kappa shape index (κ1) is 10.1. The molecule has 0 spiro atoms. The smallest absolute Gasteiger partial charge is 0.142 e. The largest absolute Gasteiger partial charge is 0.478 e. The van der Waals surface area contributed by atoms with E-state index in [1.54, 1.807) is 0 Å². The Morgan fingerprint density at radius 1 is 1.08 bits per heavy atom. The van der Waals surface area contributed by atoms with Crippen molar-refractivity contribution in [3.8, 4) is 5.75 Å². The van der Waals surface area contributed by atoms with Crippen LogP contribution in [-0.4, -0.2) is 24.7 Å². The third kappa shape index (κ3) is 3.47. The molecule has 0 radical (unpaired) electrons. The Morgan fingerprint density at radius 2 is 1.69 bits per heavy atom. The van der Waals surface area contributed by atoms with Crippen LogP contribution in [0.4, 0.5) is 0 Å². The second-order valence-electron chi connectivity index (χ2n) is 2.89. The minimum Gasteiger partial charge on any atom is -0.478 e. The van der Waals surface area contributed by atoms with Gasteiger partial charge in [0, 0.05) is 0 Å². The van der Waals surface area contributed by atoms with Crippen molar-refractivity contribution in [1.82, 2.24) is 4.90 Å². The highest BCUT2D eigenvalue weighted by Crippen LogP contribution is 2.08. The fraction of sp³-hybridized carbons (Fsp3) is 0.455. The molecule has 72 valence electrons. The maximum Gasteiger partial charge on any atom is 0.142 e. The molecule has 2 nitrogen and oxygen atoms in total. The van der Waals surface area contributed by atoms with Gasteiger partial charge in [-0.2, -0.15) is 0 Å². The van der Waals surface area contributed by atoms with E-state index in [1.807, 2.05) is 30.3 Å². The predicted molar refractivity (Wildman–Crippen MR) is 54.9 cm³/mol. The van der Waals surface area contributed by atoms with Crippen molar-refractivity contribution in [2.45, 2.75) is 13.8 Å². The molecule has 0 atom stereocenters. The van der Waals surface area contributed by atoms with Crippen molar-refractivity contribution >= 4 is 0 Å². The maximum atomic E-state index is 5.58. The lowest BCUT2D eigenvalue weighted by molar-refractivity contribution is 0.137. The van der Waals surface area contributed by atoms with E-state index in [0.29, 0.717) is 6.73 Å². The summed E-state index contributed by atoms with van der Waals surface area (Å²) in [5.74, 6) is 0.939. The first-order valence-corrected chi connectivity index (χ1v) is 4.77. The standard InChI is InChI=1S/C11H17NO/c1-3-12(4-2)10-13-11-8-6-5-7-9-11/h5-9H,3-4,10H2,1-2H3. The van der Waals surface area contributed by atoms with Crippen molar-refractivity contribution in [2.75, 3.05) is 19.8 Å². The lowest BCUT2D eigenvalue weighted by atomic mass is 10.3. The van der Waals surface area contributed by atoms with Crippen LogP contribution < -0.4 is 4.74 Å². The Hall–Kier alpha value is -1.02. The summed E-state index contributed by atoms with van der Waals surface area (Å²) in [7, 11) is 0. The predicted octanol–water partition coefficient (Wildman–Crippen LogP) is 2.36. The first-order valence-electron chi connectivity index (χ1n) is 4.77. The van der Waals surface area contributed by atoms with E-state index in [-0.39, 0.29) is 0 Å². The van der Waals surface area contributed by atoms with Crippen molar-refractivity contribution < 1.29 is 4.74 Å². The molecule has 0 aliphatic carbocycles. The SMILES string of the molecule is CCN(CC)COc1ccccc1. The molecule has 0 fully saturated rings. The van der Waals surface area contributed by atoms with Crippen molar-refractivity contribution in [2.24, 2.45) is 0 Å². The number of hydrogen-bond donors (Lipinski definition) is 0. The molecular weight excluding hydrogens is 162 g/mol. The Balaban J connectivity index is 2.34. The molecule has 0 saturated carbocycles. The van der Waals surface area contributed by atoms with Crippen molar-refractivity contribution in [3.63, 3.8) is 0 Å². The highest BCUT2D eigenvalue weighted by atomic mass is 16.5. The Kier molecular flexibility index (Phi) is 4.33. The van der Waals surface area contributed by atoms with Crippen LogP contribution in [0.2, 0.25) is 0 Å². The van der Waals surface area contributed by atoms with Gasteiger partial charge in [-0.1, -0.05) is 32.0 Å². The summed E-state index contributed by atoms with van der Waals surface area (Å²) in [6.07, 6.45) is 0. The number of rotatable bonds is 5. The van der Waals surface area contributed by atoms with Crippen LogP contribution in [0, 0.1) is 0 Å². The third-order valence-electron chi connectivity index (χ3n) is 2.05. The molecule has 2 heteroatoms. The molecule has 0 amide bonds. The van der Waals surface area contributed by atoms with Gasteiger partial charge in [-0.15, -0.1) is 0 Å². The van der Waals surface area contributed by atoms with Crippen molar-refractivity contribution in [3.05, 3.63) is 30.3 Å². The molecule has 1 aromatic carbocycles. The van der Waals surface area contributed by atoms with E-state index >= 15 is 0 Å². The van der Waals surface area contributed by atoms with E-state index < -0.39 is 0 Å². The summed E-state index contributed by atoms with van der Waals surface area (Å²) in [5, 5.41) is 0. The van der Waals surface area contributed by atoms with E-state index in [0.717, 1.165) is 18.8 Å². The summed E-state index contributed by atoms with van der Waals surface area (Å²) < 4.78 is 5.58. The number of ether oxygens (including phenoxy) is 1. The number of benzene rings is 1. The zero-order chi connectivity index (χ0) is 9.52. The molecule has 13 heavy (non-hydrogen) atoms. The molecule has 0 aromatic heterocycles. The van der Waals surface area contributed by atoms with Crippen LogP contribution in [0.3, 0.4) is 0 Å². The molecule has 0 N–H and O–H groups in total. The second kappa shape index (κ2) is 5.60. The minimum absolute atomic E-state index is 0.678. The minimum atomic E-state index is 0.678. The third-order valence-corrected chi connectivity index (χ3v) is 2.05. The van der Waals surface area contributed by atoms with Gasteiger partial charge in [0.2, 0.25) is 0 Å². The average Bonchev–Trinajstić information content (AvgIpc) is 2.21. The van der Waals surface area contributed by atoms with E-state index in [2.05, 4.69) is 18.7 Å². The van der Waals surface area contributed by atoms with Crippen LogP contribution in [0.25, 0.3) is 0 Å². The molecule has 1 aromatic rings. The van der Waals surface area contributed by atoms with Gasteiger partial charge < -0.3 is 4.74 Å². The molecule has 1 rings (SSSR count). The highest BCUT2D eigenvalue weighted by molar-refractivity contribution is 5.20. The molecule has 0 heterocycles. The molecular formula is C11H17NO. The molecule has 0 bridgehead atoms. The normalized spacial score (nSPS) is 10.4. The van der Waals surface area contributed by atoms with Crippen molar-refractivity contribution in [1.29, 1.82) is 0 Å². The molecule has 0 aliphatic heterocycles. The number of nitrogens with zero attached hydrogens (tertiary/aromatic N) is 1. The fourth-order valence-electron chi connectivity index (χ4n) is 1.09. The zero-order valence-corrected chi connectivity index (χ0v) is 8.36. The maximum absolute atomic E-state index is 5.58. The topological polar surface area (TPSA) is 12.5 Å². The molecule has 0 aliphatic rings. The number of para-hydroxylation sites is 1. The average molecular weight is 179 g/mol. The summed E-state index contributed by atoms with van der Waals surface area (Å²) >= 11 is 0.